The quantitative estimate of drug-likeness (QED) is 0.375. The Balaban J connectivity index is 0.00000261. The second-order valence-corrected chi connectivity index (χ2v) is 8.34. The van der Waals surface area contributed by atoms with Crippen molar-refractivity contribution in [2.24, 2.45) is 18.0 Å². The van der Waals surface area contributed by atoms with Crippen LogP contribution < -0.4 is 5.32 Å². The van der Waals surface area contributed by atoms with Crippen LogP contribution >= 0.6 is 35.3 Å². The van der Waals surface area contributed by atoms with Crippen molar-refractivity contribution in [3.05, 3.63) is 33.5 Å². The second kappa shape index (κ2) is 10.4. The monoisotopic (exact) mass is 502 g/mol. The summed E-state index contributed by atoms with van der Waals surface area (Å²) in [5, 5.41) is 8.89. The molecule has 3 rings (SSSR count). The minimum Gasteiger partial charge on any atom is -0.357 e. The zero-order chi connectivity index (χ0) is 18.5. The van der Waals surface area contributed by atoms with Gasteiger partial charge in [-0.2, -0.15) is 5.10 Å². The van der Waals surface area contributed by atoms with Gasteiger partial charge in [-0.1, -0.05) is 0 Å². The Morgan fingerprint density at radius 2 is 2.22 bits per heavy atom. The Morgan fingerprint density at radius 1 is 1.41 bits per heavy atom. The van der Waals surface area contributed by atoms with Gasteiger partial charge < -0.3 is 10.2 Å². The van der Waals surface area contributed by atoms with E-state index in [-0.39, 0.29) is 24.0 Å². The first kappa shape index (κ1) is 22.1. The number of hydrogen-bond donors (Lipinski definition) is 1. The molecule has 2 aromatic rings. The molecule has 0 aromatic carbocycles. The van der Waals surface area contributed by atoms with Crippen LogP contribution in [0.1, 0.15) is 34.5 Å². The Kier molecular flexibility index (Phi) is 8.53. The zero-order valence-corrected chi connectivity index (χ0v) is 19.9. The van der Waals surface area contributed by atoms with Crippen LogP contribution in [-0.4, -0.2) is 51.8 Å². The first-order chi connectivity index (χ1) is 12.5. The van der Waals surface area contributed by atoms with Crippen molar-refractivity contribution in [2.45, 2.75) is 40.0 Å². The molecule has 0 spiro atoms. The maximum Gasteiger partial charge on any atom is 0.193 e. The fraction of sp³-hybridized carbons (Fsp3) is 0.632. The summed E-state index contributed by atoms with van der Waals surface area (Å²) >= 11 is 1.79. The third kappa shape index (κ3) is 6.17. The minimum absolute atomic E-state index is 0. The molecule has 1 aliphatic rings. The fourth-order valence-electron chi connectivity index (χ4n) is 3.60. The van der Waals surface area contributed by atoms with Crippen molar-refractivity contribution in [1.29, 1.82) is 0 Å². The van der Waals surface area contributed by atoms with E-state index >= 15 is 0 Å². The first-order valence-corrected chi connectivity index (χ1v) is 10.3. The van der Waals surface area contributed by atoms with E-state index in [9.17, 15) is 0 Å². The van der Waals surface area contributed by atoms with E-state index in [2.05, 4.69) is 47.3 Å². The van der Waals surface area contributed by atoms with Crippen molar-refractivity contribution >= 4 is 41.3 Å². The molecule has 27 heavy (non-hydrogen) atoms. The number of hydrogen-bond acceptors (Lipinski definition) is 4. The predicted molar refractivity (Wildman–Crippen MR) is 123 cm³/mol. The molecule has 6 nitrogen and oxygen atoms in total. The van der Waals surface area contributed by atoms with Gasteiger partial charge in [0.05, 0.1) is 16.9 Å². The number of aryl methyl sites for hydroxylation is 3. The van der Waals surface area contributed by atoms with Gasteiger partial charge in [0.15, 0.2) is 5.96 Å². The normalized spacial score (nSPS) is 17.3. The molecule has 1 saturated heterocycles. The first-order valence-electron chi connectivity index (χ1n) is 9.48. The van der Waals surface area contributed by atoms with Gasteiger partial charge in [-0.3, -0.25) is 9.67 Å². The number of nitrogens with one attached hydrogen (secondary N) is 1. The summed E-state index contributed by atoms with van der Waals surface area (Å²) < 4.78 is 1.89. The van der Waals surface area contributed by atoms with E-state index in [1.165, 1.54) is 16.9 Å². The Morgan fingerprint density at radius 3 is 2.85 bits per heavy atom. The van der Waals surface area contributed by atoms with E-state index in [4.69, 9.17) is 4.99 Å². The zero-order valence-electron chi connectivity index (χ0n) is 16.7. The molecular weight excluding hydrogens is 471 g/mol. The van der Waals surface area contributed by atoms with E-state index in [1.54, 1.807) is 11.3 Å². The summed E-state index contributed by atoms with van der Waals surface area (Å²) in [6.45, 7) is 10.2. The highest BCUT2D eigenvalue weighted by Gasteiger charge is 2.25. The van der Waals surface area contributed by atoms with Crippen LogP contribution in [0.15, 0.2) is 17.4 Å². The summed E-state index contributed by atoms with van der Waals surface area (Å²) in [6.07, 6.45) is 7.40. The van der Waals surface area contributed by atoms with E-state index in [0.717, 1.165) is 55.7 Å². The number of likely N-dealkylation sites (tertiary alicyclic amines) is 1. The molecule has 3 heterocycles. The lowest BCUT2D eigenvalue weighted by Crippen LogP contribution is -2.40. The lowest BCUT2D eigenvalue weighted by atomic mass is 10.0. The van der Waals surface area contributed by atoms with Gasteiger partial charge in [0.25, 0.3) is 0 Å². The van der Waals surface area contributed by atoms with Crippen LogP contribution in [0.3, 0.4) is 0 Å². The van der Waals surface area contributed by atoms with Gasteiger partial charge in [-0.05, 0) is 45.1 Å². The molecular formula is C19H31IN6S. The summed E-state index contributed by atoms with van der Waals surface area (Å²) in [4.78, 5) is 13.2. The fourth-order valence-corrected chi connectivity index (χ4v) is 4.52. The standard InChI is InChI=1S/C19H30N6S.HI/c1-5-20-19(21-8-6-18-14(2)23-15(3)26-18)25-9-7-16(13-25)10-17-11-22-24(4)12-17;/h11-12,16H,5-10,13H2,1-4H3,(H,20,21);1H. The van der Waals surface area contributed by atoms with Crippen LogP contribution in [0.5, 0.6) is 0 Å². The van der Waals surface area contributed by atoms with Gasteiger partial charge >= 0.3 is 0 Å². The van der Waals surface area contributed by atoms with Crippen molar-refractivity contribution < 1.29 is 0 Å². The van der Waals surface area contributed by atoms with E-state index in [1.807, 2.05) is 17.9 Å². The van der Waals surface area contributed by atoms with Gasteiger partial charge in [-0.15, -0.1) is 35.3 Å². The predicted octanol–water partition coefficient (Wildman–Crippen LogP) is 3.18. The Hall–Kier alpha value is -1.16. The maximum absolute atomic E-state index is 4.88. The van der Waals surface area contributed by atoms with Gasteiger partial charge in [-0.25, -0.2) is 4.98 Å². The molecule has 0 aliphatic carbocycles. The Bertz CT molecular complexity index is 753. The number of guanidine groups is 1. The van der Waals surface area contributed by atoms with Crippen molar-refractivity contribution in [3.8, 4) is 0 Å². The van der Waals surface area contributed by atoms with Crippen LogP contribution in [0.25, 0.3) is 0 Å². The summed E-state index contributed by atoms with van der Waals surface area (Å²) in [5.41, 5.74) is 2.49. The number of halogens is 1. The number of nitrogens with zero attached hydrogens (tertiary/aromatic N) is 5. The van der Waals surface area contributed by atoms with Gasteiger partial charge in [0.2, 0.25) is 0 Å². The molecule has 0 saturated carbocycles. The molecule has 1 fully saturated rings. The van der Waals surface area contributed by atoms with Gasteiger partial charge in [0, 0.05) is 50.7 Å². The van der Waals surface area contributed by atoms with Crippen molar-refractivity contribution in [3.63, 3.8) is 0 Å². The minimum atomic E-state index is 0. The molecule has 2 aromatic heterocycles. The third-order valence-corrected chi connectivity index (χ3v) is 5.94. The number of thiazole rings is 1. The molecule has 1 atom stereocenters. The smallest absolute Gasteiger partial charge is 0.193 e. The van der Waals surface area contributed by atoms with Crippen LogP contribution in [0.4, 0.5) is 0 Å². The summed E-state index contributed by atoms with van der Waals surface area (Å²) in [6, 6.07) is 0. The molecule has 8 heteroatoms. The summed E-state index contributed by atoms with van der Waals surface area (Å²) in [7, 11) is 1.98. The third-order valence-electron chi connectivity index (χ3n) is 4.80. The molecule has 0 bridgehead atoms. The van der Waals surface area contributed by atoms with Crippen LogP contribution in [-0.2, 0) is 19.9 Å². The number of aliphatic imine (C=N–C) groups is 1. The topological polar surface area (TPSA) is 58.3 Å². The Labute approximate surface area is 183 Å². The largest absolute Gasteiger partial charge is 0.357 e. The molecule has 0 radical (unpaired) electrons. The lowest BCUT2D eigenvalue weighted by Gasteiger charge is -2.21. The highest BCUT2D eigenvalue weighted by atomic mass is 127. The average Bonchev–Trinajstić information content (AvgIpc) is 3.29. The highest BCUT2D eigenvalue weighted by Crippen LogP contribution is 2.21. The molecule has 0 amide bonds. The van der Waals surface area contributed by atoms with Crippen LogP contribution in [0, 0.1) is 19.8 Å². The number of aromatic nitrogens is 3. The van der Waals surface area contributed by atoms with Crippen molar-refractivity contribution in [2.75, 3.05) is 26.2 Å². The van der Waals surface area contributed by atoms with Crippen molar-refractivity contribution in [1.82, 2.24) is 25.0 Å². The van der Waals surface area contributed by atoms with Crippen LogP contribution in [0.2, 0.25) is 0 Å². The molecule has 150 valence electrons. The second-order valence-electron chi connectivity index (χ2n) is 7.05. The summed E-state index contributed by atoms with van der Waals surface area (Å²) in [5.74, 6) is 1.73. The molecule has 1 N–H and O–H groups in total. The van der Waals surface area contributed by atoms with E-state index < -0.39 is 0 Å². The molecule has 1 unspecified atom stereocenters. The number of rotatable bonds is 6. The lowest BCUT2D eigenvalue weighted by molar-refractivity contribution is 0.460. The maximum atomic E-state index is 4.88. The highest BCUT2D eigenvalue weighted by molar-refractivity contribution is 14.0. The van der Waals surface area contributed by atoms with Gasteiger partial charge in [0.1, 0.15) is 0 Å². The average molecular weight is 502 g/mol. The van der Waals surface area contributed by atoms with E-state index in [0.29, 0.717) is 5.92 Å². The SMILES string of the molecule is CCNC(=NCCc1sc(C)nc1C)N1CCC(Cc2cnn(C)c2)C1.I. The molecule has 1 aliphatic heterocycles.